The molecule has 0 saturated carbocycles. The van der Waals surface area contributed by atoms with Gasteiger partial charge in [0.15, 0.2) is 0 Å². The molecule has 2 aromatic rings. The van der Waals surface area contributed by atoms with Gasteiger partial charge in [0.25, 0.3) is 0 Å². The van der Waals surface area contributed by atoms with Gasteiger partial charge in [-0.3, -0.25) is 0 Å². The van der Waals surface area contributed by atoms with Gasteiger partial charge in [0.1, 0.15) is 12.4 Å². The molecule has 1 N–H and O–H groups in total. The van der Waals surface area contributed by atoms with E-state index >= 15 is 0 Å². The van der Waals surface area contributed by atoms with E-state index in [4.69, 9.17) is 4.74 Å². The third-order valence-electron chi connectivity index (χ3n) is 2.66. The summed E-state index contributed by atoms with van der Waals surface area (Å²) in [5.74, 6) is 0.711. The number of ether oxygens (including phenoxy) is 1. The lowest BCUT2D eigenvalue weighted by atomic mass is 10.1. The first-order valence-corrected chi connectivity index (χ1v) is 6.60. The smallest absolute Gasteiger partial charge is 0.126 e. The third-order valence-corrected chi connectivity index (χ3v) is 3.16. The maximum absolute atomic E-state index is 9.70. The summed E-state index contributed by atoms with van der Waals surface area (Å²) in [7, 11) is 0. The fourth-order valence-electron chi connectivity index (χ4n) is 1.71. The van der Waals surface area contributed by atoms with Crippen LogP contribution in [0.15, 0.2) is 53.0 Å². The fraction of sp³-hybridized carbons (Fsp3) is 0.200. The van der Waals surface area contributed by atoms with Gasteiger partial charge in [0, 0.05) is 10.0 Å². The van der Waals surface area contributed by atoms with Crippen molar-refractivity contribution in [1.82, 2.24) is 0 Å². The number of aliphatic hydroxyl groups excluding tert-OH is 1. The molecule has 1 atom stereocenters. The lowest BCUT2D eigenvalue weighted by molar-refractivity contribution is 0.190. The molecule has 0 aromatic heterocycles. The van der Waals surface area contributed by atoms with Crippen LogP contribution in [0.5, 0.6) is 5.75 Å². The van der Waals surface area contributed by atoms with Crippen LogP contribution in [0.25, 0.3) is 0 Å². The van der Waals surface area contributed by atoms with Gasteiger partial charge in [-0.2, -0.15) is 0 Å². The van der Waals surface area contributed by atoms with E-state index in [2.05, 4.69) is 15.9 Å². The predicted octanol–water partition coefficient (Wildman–Crippen LogP) is 4.08. The minimum absolute atomic E-state index is 0.497. The third kappa shape index (κ3) is 3.34. The Morgan fingerprint density at radius 2 is 1.89 bits per heavy atom. The van der Waals surface area contributed by atoms with Crippen LogP contribution in [0.2, 0.25) is 0 Å². The van der Waals surface area contributed by atoms with E-state index in [0.29, 0.717) is 12.4 Å². The number of benzene rings is 2. The van der Waals surface area contributed by atoms with E-state index in [9.17, 15) is 5.11 Å². The second-order valence-corrected chi connectivity index (χ2v) is 5.05. The largest absolute Gasteiger partial charge is 0.488 e. The second-order valence-electron chi connectivity index (χ2n) is 4.13. The van der Waals surface area contributed by atoms with E-state index in [1.54, 1.807) is 6.92 Å². The molecule has 2 nitrogen and oxygen atoms in total. The highest BCUT2D eigenvalue weighted by atomic mass is 79.9. The van der Waals surface area contributed by atoms with E-state index in [0.717, 1.165) is 15.6 Å². The minimum atomic E-state index is -0.538. The average Bonchev–Trinajstić information content (AvgIpc) is 2.37. The summed E-state index contributed by atoms with van der Waals surface area (Å²) in [5, 5.41) is 9.70. The Labute approximate surface area is 115 Å². The molecule has 3 heteroatoms. The van der Waals surface area contributed by atoms with Crippen molar-refractivity contribution in [3.8, 4) is 5.75 Å². The highest BCUT2D eigenvalue weighted by molar-refractivity contribution is 9.10. The predicted molar refractivity (Wildman–Crippen MR) is 75.5 cm³/mol. The first-order valence-electron chi connectivity index (χ1n) is 5.81. The summed E-state index contributed by atoms with van der Waals surface area (Å²) >= 11 is 3.41. The summed E-state index contributed by atoms with van der Waals surface area (Å²) in [6, 6.07) is 15.6. The normalized spacial score (nSPS) is 12.2. The van der Waals surface area contributed by atoms with Gasteiger partial charge in [-0.05, 0) is 24.6 Å². The van der Waals surface area contributed by atoms with Crippen molar-refractivity contribution in [3.63, 3.8) is 0 Å². The quantitative estimate of drug-likeness (QED) is 0.922. The summed E-state index contributed by atoms with van der Waals surface area (Å²) in [4.78, 5) is 0. The molecule has 0 fully saturated rings. The Kier molecular flexibility index (Phi) is 4.39. The van der Waals surface area contributed by atoms with Gasteiger partial charge < -0.3 is 9.84 Å². The Morgan fingerprint density at radius 3 is 2.56 bits per heavy atom. The molecule has 0 saturated heterocycles. The van der Waals surface area contributed by atoms with Crippen LogP contribution in [0.3, 0.4) is 0 Å². The first kappa shape index (κ1) is 13.1. The summed E-state index contributed by atoms with van der Waals surface area (Å²) in [6.45, 7) is 2.23. The molecule has 0 spiro atoms. The van der Waals surface area contributed by atoms with Crippen molar-refractivity contribution in [3.05, 3.63) is 64.1 Å². The lowest BCUT2D eigenvalue weighted by Gasteiger charge is -2.14. The first-order chi connectivity index (χ1) is 8.66. The molecule has 2 aromatic carbocycles. The van der Waals surface area contributed by atoms with Crippen molar-refractivity contribution in [2.24, 2.45) is 0 Å². The van der Waals surface area contributed by atoms with E-state index in [1.807, 2.05) is 48.5 Å². The summed E-state index contributed by atoms with van der Waals surface area (Å²) < 4.78 is 6.72. The molecule has 0 unspecified atom stereocenters. The number of halogens is 1. The second kappa shape index (κ2) is 6.03. The van der Waals surface area contributed by atoms with Gasteiger partial charge in [-0.15, -0.1) is 0 Å². The molecule has 0 bridgehead atoms. The Bertz CT molecular complexity index is 509. The number of rotatable bonds is 4. The zero-order chi connectivity index (χ0) is 13.0. The standard InChI is InChI=1S/C15H15BrO2/c1-11(17)14-8-7-13(16)9-15(14)18-10-12-5-3-2-4-6-12/h2-9,11,17H,10H2,1H3/t11-/m0/s1. The molecule has 0 amide bonds. The number of hydrogen-bond donors (Lipinski definition) is 1. The van der Waals surface area contributed by atoms with Gasteiger partial charge in [0.2, 0.25) is 0 Å². The van der Waals surface area contributed by atoms with E-state index in [1.165, 1.54) is 0 Å². The molecular weight excluding hydrogens is 292 g/mol. The molecular formula is C15H15BrO2. The van der Waals surface area contributed by atoms with Crippen LogP contribution in [-0.4, -0.2) is 5.11 Å². The van der Waals surface area contributed by atoms with Gasteiger partial charge in [-0.25, -0.2) is 0 Å². The molecule has 0 aliphatic heterocycles. The lowest BCUT2D eigenvalue weighted by Crippen LogP contribution is -2.00. The molecule has 94 valence electrons. The fourth-order valence-corrected chi connectivity index (χ4v) is 2.05. The molecule has 18 heavy (non-hydrogen) atoms. The van der Waals surface area contributed by atoms with Crippen molar-refractivity contribution >= 4 is 15.9 Å². The summed E-state index contributed by atoms with van der Waals surface area (Å²) in [6.07, 6.45) is -0.538. The molecule has 0 aliphatic carbocycles. The van der Waals surface area contributed by atoms with Crippen LogP contribution in [0, 0.1) is 0 Å². The molecule has 0 radical (unpaired) electrons. The summed E-state index contributed by atoms with van der Waals surface area (Å²) in [5.41, 5.74) is 1.91. The van der Waals surface area contributed by atoms with Crippen LogP contribution >= 0.6 is 15.9 Å². The van der Waals surface area contributed by atoms with Crippen molar-refractivity contribution in [2.75, 3.05) is 0 Å². The van der Waals surface area contributed by atoms with Gasteiger partial charge in [-0.1, -0.05) is 52.3 Å². The average molecular weight is 307 g/mol. The Balaban J connectivity index is 2.15. The van der Waals surface area contributed by atoms with E-state index in [-0.39, 0.29) is 0 Å². The van der Waals surface area contributed by atoms with Crippen LogP contribution in [0.1, 0.15) is 24.2 Å². The maximum Gasteiger partial charge on any atom is 0.126 e. The van der Waals surface area contributed by atoms with Gasteiger partial charge in [0.05, 0.1) is 6.10 Å². The van der Waals surface area contributed by atoms with Crippen molar-refractivity contribution in [2.45, 2.75) is 19.6 Å². The van der Waals surface area contributed by atoms with E-state index < -0.39 is 6.10 Å². The Hall–Kier alpha value is -1.32. The molecule has 2 rings (SSSR count). The topological polar surface area (TPSA) is 29.5 Å². The van der Waals surface area contributed by atoms with Crippen LogP contribution < -0.4 is 4.74 Å². The zero-order valence-electron chi connectivity index (χ0n) is 10.1. The Morgan fingerprint density at radius 1 is 1.17 bits per heavy atom. The molecule has 0 aliphatic rings. The van der Waals surface area contributed by atoms with Crippen molar-refractivity contribution < 1.29 is 9.84 Å². The van der Waals surface area contributed by atoms with Crippen LogP contribution in [-0.2, 0) is 6.61 Å². The monoisotopic (exact) mass is 306 g/mol. The highest BCUT2D eigenvalue weighted by Gasteiger charge is 2.09. The van der Waals surface area contributed by atoms with Gasteiger partial charge >= 0.3 is 0 Å². The van der Waals surface area contributed by atoms with Crippen molar-refractivity contribution in [1.29, 1.82) is 0 Å². The SMILES string of the molecule is C[C@H](O)c1ccc(Br)cc1OCc1ccccc1. The maximum atomic E-state index is 9.70. The number of hydrogen-bond acceptors (Lipinski definition) is 2. The number of aliphatic hydroxyl groups is 1. The highest BCUT2D eigenvalue weighted by Crippen LogP contribution is 2.29. The molecule has 0 heterocycles. The van der Waals surface area contributed by atoms with Crippen LogP contribution in [0.4, 0.5) is 0 Å². The minimum Gasteiger partial charge on any atom is -0.488 e. The zero-order valence-corrected chi connectivity index (χ0v) is 11.7.